The van der Waals surface area contributed by atoms with Gasteiger partial charge in [-0.25, -0.2) is 19.3 Å². The second kappa shape index (κ2) is 7.57. The molecular weight excluding hydrogens is 362 g/mol. The molecule has 3 heterocycles. The molecule has 1 fully saturated rings. The quantitative estimate of drug-likeness (QED) is 0.789. The zero-order valence-corrected chi connectivity index (χ0v) is 16.7. The molecule has 0 spiro atoms. The molecule has 28 heavy (non-hydrogen) atoms. The summed E-state index contributed by atoms with van der Waals surface area (Å²) in [5.41, 5.74) is 1.65. The molecule has 150 valence electrons. The van der Waals surface area contributed by atoms with E-state index < -0.39 is 24.0 Å². The molecule has 2 aromatic heterocycles. The van der Waals surface area contributed by atoms with Gasteiger partial charge in [0.25, 0.3) is 5.91 Å². The number of pyridine rings is 1. The molecule has 1 aliphatic heterocycles. The first-order valence-corrected chi connectivity index (χ1v) is 9.39. The number of nitrogens with zero attached hydrogens (tertiary/aromatic N) is 4. The number of aromatic nitrogens is 3. The monoisotopic (exact) mass is 387 g/mol. The Labute approximate surface area is 163 Å². The van der Waals surface area contributed by atoms with Crippen LogP contribution in [0.3, 0.4) is 0 Å². The lowest BCUT2D eigenvalue weighted by molar-refractivity contribution is -0.136. The molecule has 2 aromatic rings. The third-order valence-electron chi connectivity index (χ3n) is 4.64. The van der Waals surface area contributed by atoms with Gasteiger partial charge in [0.15, 0.2) is 11.8 Å². The van der Waals surface area contributed by atoms with Crippen LogP contribution in [0.2, 0.25) is 0 Å². The standard InChI is InChI=1S/C19H25N5O4/c1-10(2)15-8-13(14-9-21-24(11(3)4)16(14)22-15)18(26)28-12(5)17(25)23-7-6-20-19(23)27/h8-12H,6-7H2,1-5H3,(H,20,27). The summed E-state index contributed by atoms with van der Waals surface area (Å²) in [5.74, 6) is -1.09. The maximum atomic E-state index is 12.9. The zero-order chi connectivity index (χ0) is 20.6. The maximum Gasteiger partial charge on any atom is 0.339 e. The lowest BCUT2D eigenvalue weighted by atomic mass is 10.1. The Kier molecular flexibility index (Phi) is 5.35. The van der Waals surface area contributed by atoms with Crippen LogP contribution in [0.25, 0.3) is 11.0 Å². The first-order chi connectivity index (χ1) is 13.2. The van der Waals surface area contributed by atoms with Crippen LogP contribution in [0.5, 0.6) is 0 Å². The number of amides is 3. The molecule has 0 aromatic carbocycles. The molecule has 1 aliphatic rings. The summed E-state index contributed by atoms with van der Waals surface area (Å²) in [6.07, 6.45) is 0.505. The predicted octanol–water partition coefficient (Wildman–Crippen LogP) is 2.23. The zero-order valence-electron chi connectivity index (χ0n) is 16.7. The molecule has 0 radical (unpaired) electrons. The third kappa shape index (κ3) is 3.56. The number of hydrogen-bond donors (Lipinski definition) is 1. The fourth-order valence-electron chi connectivity index (χ4n) is 3.06. The van der Waals surface area contributed by atoms with Crippen LogP contribution in [-0.4, -0.2) is 56.8 Å². The van der Waals surface area contributed by atoms with Gasteiger partial charge in [-0.15, -0.1) is 0 Å². The largest absolute Gasteiger partial charge is 0.449 e. The van der Waals surface area contributed by atoms with Crippen molar-refractivity contribution in [3.05, 3.63) is 23.5 Å². The van der Waals surface area contributed by atoms with Crippen LogP contribution in [0.15, 0.2) is 12.3 Å². The Balaban J connectivity index is 1.92. The number of carbonyl (C=O) groups excluding carboxylic acids is 3. The minimum absolute atomic E-state index is 0.0745. The number of esters is 1. The van der Waals surface area contributed by atoms with Crippen molar-refractivity contribution in [2.45, 2.75) is 52.7 Å². The van der Waals surface area contributed by atoms with Gasteiger partial charge in [-0.1, -0.05) is 13.8 Å². The molecule has 9 nitrogen and oxygen atoms in total. The van der Waals surface area contributed by atoms with Gasteiger partial charge in [-0.2, -0.15) is 5.10 Å². The first-order valence-electron chi connectivity index (χ1n) is 9.39. The lowest BCUT2D eigenvalue weighted by Gasteiger charge is -2.18. The molecule has 9 heteroatoms. The highest BCUT2D eigenvalue weighted by atomic mass is 16.5. The van der Waals surface area contributed by atoms with E-state index in [1.54, 1.807) is 16.9 Å². The number of nitrogens with one attached hydrogen (secondary N) is 1. The van der Waals surface area contributed by atoms with Crippen molar-refractivity contribution >= 4 is 28.9 Å². The van der Waals surface area contributed by atoms with Crippen LogP contribution in [0.1, 0.15) is 62.6 Å². The molecule has 3 rings (SSSR count). The number of ether oxygens (including phenoxy) is 1. The van der Waals surface area contributed by atoms with Gasteiger partial charge < -0.3 is 10.1 Å². The molecule has 0 saturated carbocycles. The van der Waals surface area contributed by atoms with Crippen molar-refractivity contribution in [1.82, 2.24) is 25.0 Å². The van der Waals surface area contributed by atoms with Crippen LogP contribution in [0, 0.1) is 0 Å². The molecule has 1 saturated heterocycles. The highest BCUT2D eigenvalue weighted by Gasteiger charge is 2.32. The van der Waals surface area contributed by atoms with Gasteiger partial charge in [0.1, 0.15) is 0 Å². The van der Waals surface area contributed by atoms with E-state index >= 15 is 0 Å². The number of hydrogen-bond acceptors (Lipinski definition) is 6. The minimum Gasteiger partial charge on any atom is -0.449 e. The summed E-state index contributed by atoms with van der Waals surface area (Å²) in [7, 11) is 0. The summed E-state index contributed by atoms with van der Waals surface area (Å²) in [5, 5.41) is 7.47. The van der Waals surface area contributed by atoms with E-state index in [1.807, 2.05) is 27.7 Å². The van der Waals surface area contributed by atoms with Gasteiger partial charge in [-0.3, -0.25) is 9.69 Å². The van der Waals surface area contributed by atoms with E-state index in [9.17, 15) is 14.4 Å². The van der Waals surface area contributed by atoms with Crippen molar-refractivity contribution in [2.75, 3.05) is 13.1 Å². The summed E-state index contributed by atoms with van der Waals surface area (Å²) >= 11 is 0. The number of imide groups is 1. The summed E-state index contributed by atoms with van der Waals surface area (Å²) in [6, 6.07) is 1.28. The molecule has 1 N–H and O–H groups in total. The molecule has 1 atom stereocenters. The van der Waals surface area contributed by atoms with E-state index in [-0.39, 0.29) is 18.5 Å². The fourth-order valence-corrected chi connectivity index (χ4v) is 3.06. The summed E-state index contributed by atoms with van der Waals surface area (Å²) in [4.78, 5) is 42.7. The van der Waals surface area contributed by atoms with E-state index in [2.05, 4.69) is 15.4 Å². The predicted molar refractivity (Wildman–Crippen MR) is 102 cm³/mol. The summed E-state index contributed by atoms with van der Waals surface area (Å²) in [6.45, 7) is 10.0. The number of urea groups is 1. The molecule has 3 amide bonds. The number of fused-ring (bicyclic) bond motifs is 1. The van der Waals surface area contributed by atoms with Gasteiger partial charge >= 0.3 is 12.0 Å². The van der Waals surface area contributed by atoms with Crippen LogP contribution >= 0.6 is 0 Å². The van der Waals surface area contributed by atoms with E-state index in [1.165, 1.54) is 6.92 Å². The highest BCUT2D eigenvalue weighted by Crippen LogP contribution is 2.25. The average Bonchev–Trinajstić information content (AvgIpc) is 3.25. The van der Waals surface area contributed by atoms with Crippen LogP contribution in [-0.2, 0) is 9.53 Å². The smallest absolute Gasteiger partial charge is 0.339 e. The normalized spacial score (nSPS) is 15.4. The van der Waals surface area contributed by atoms with Crippen LogP contribution in [0.4, 0.5) is 4.79 Å². The Morgan fingerprint density at radius 2 is 1.93 bits per heavy atom. The van der Waals surface area contributed by atoms with Crippen molar-refractivity contribution in [2.24, 2.45) is 0 Å². The van der Waals surface area contributed by atoms with Crippen molar-refractivity contribution in [3.8, 4) is 0 Å². The second-order valence-corrected chi connectivity index (χ2v) is 7.44. The van der Waals surface area contributed by atoms with Crippen LogP contribution < -0.4 is 5.32 Å². The van der Waals surface area contributed by atoms with Gasteiger partial charge in [0.05, 0.1) is 17.1 Å². The maximum absolute atomic E-state index is 12.9. The molecule has 1 unspecified atom stereocenters. The van der Waals surface area contributed by atoms with Crippen molar-refractivity contribution < 1.29 is 19.1 Å². The minimum atomic E-state index is -1.08. The Bertz CT molecular complexity index is 934. The average molecular weight is 387 g/mol. The van der Waals surface area contributed by atoms with Crippen molar-refractivity contribution in [3.63, 3.8) is 0 Å². The molecule has 0 aliphatic carbocycles. The summed E-state index contributed by atoms with van der Waals surface area (Å²) < 4.78 is 7.15. The van der Waals surface area contributed by atoms with Gasteiger partial charge in [0, 0.05) is 24.8 Å². The topological polar surface area (TPSA) is 106 Å². The van der Waals surface area contributed by atoms with Gasteiger partial charge in [-0.05, 0) is 32.8 Å². The SMILES string of the molecule is CC(OC(=O)c1cc(C(C)C)nc2c1cnn2C(C)C)C(=O)N1CCNC1=O. The Hall–Kier alpha value is -2.97. The number of carbonyl (C=O) groups is 3. The van der Waals surface area contributed by atoms with E-state index in [0.717, 1.165) is 10.6 Å². The van der Waals surface area contributed by atoms with E-state index in [0.29, 0.717) is 23.1 Å². The third-order valence-corrected chi connectivity index (χ3v) is 4.64. The van der Waals surface area contributed by atoms with Crippen molar-refractivity contribution in [1.29, 1.82) is 0 Å². The Morgan fingerprint density at radius 1 is 1.21 bits per heavy atom. The molecular formula is C19H25N5O4. The Morgan fingerprint density at radius 3 is 2.50 bits per heavy atom. The number of rotatable bonds is 5. The first kappa shape index (κ1) is 19.8. The van der Waals surface area contributed by atoms with E-state index in [4.69, 9.17) is 4.74 Å². The highest BCUT2D eigenvalue weighted by molar-refractivity contribution is 6.04. The second-order valence-electron chi connectivity index (χ2n) is 7.44. The fraction of sp³-hybridized carbons (Fsp3) is 0.526. The molecule has 0 bridgehead atoms. The lowest BCUT2D eigenvalue weighted by Crippen LogP contribution is -2.41. The van der Waals surface area contributed by atoms with Gasteiger partial charge in [0.2, 0.25) is 0 Å².